The average molecular weight is 249 g/mol. The first kappa shape index (κ1) is 15.2. The molecule has 0 aromatic heterocycles. The van der Waals surface area contributed by atoms with Gasteiger partial charge in [-0.05, 0) is 52.1 Å². The fourth-order valence-electron chi connectivity index (χ4n) is 2.24. The second kappa shape index (κ2) is 8.28. The standard InChI is InChI=1S/C16H27NO/c1-13-10-14(2)12-16(11-13)15(3)17-8-6-5-7-9-18-4/h10-12,15,17H,5-9H2,1-4H3. The molecule has 1 unspecified atom stereocenters. The molecule has 1 atom stereocenters. The molecule has 0 radical (unpaired) electrons. The van der Waals surface area contributed by atoms with E-state index >= 15 is 0 Å². The van der Waals surface area contributed by atoms with Crippen molar-refractivity contribution in [2.45, 2.75) is 46.1 Å². The van der Waals surface area contributed by atoms with Gasteiger partial charge in [0.2, 0.25) is 0 Å². The van der Waals surface area contributed by atoms with Crippen molar-refractivity contribution < 1.29 is 4.74 Å². The summed E-state index contributed by atoms with van der Waals surface area (Å²) in [6, 6.07) is 7.21. The lowest BCUT2D eigenvalue weighted by Gasteiger charge is -2.15. The van der Waals surface area contributed by atoms with Crippen LogP contribution in [0.5, 0.6) is 0 Å². The van der Waals surface area contributed by atoms with Gasteiger partial charge in [-0.2, -0.15) is 0 Å². The van der Waals surface area contributed by atoms with E-state index < -0.39 is 0 Å². The van der Waals surface area contributed by atoms with Crippen molar-refractivity contribution in [3.8, 4) is 0 Å². The quantitative estimate of drug-likeness (QED) is 0.708. The maximum absolute atomic E-state index is 5.04. The lowest BCUT2D eigenvalue weighted by Crippen LogP contribution is -2.20. The highest BCUT2D eigenvalue weighted by atomic mass is 16.5. The SMILES string of the molecule is COCCCCCNC(C)c1cc(C)cc(C)c1. The number of hydrogen-bond acceptors (Lipinski definition) is 2. The van der Waals surface area contributed by atoms with E-state index in [-0.39, 0.29) is 0 Å². The molecule has 102 valence electrons. The fraction of sp³-hybridized carbons (Fsp3) is 0.625. The molecule has 0 saturated heterocycles. The molecular weight excluding hydrogens is 222 g/mol. The Morgan fingerprint density at radius 1 is 1.06 bits per heavy atom. The third-order valence-corrected chi connectivity index (χ3v) is 3.22. The molecule has 1 N–H and O–H groups in total. The molecule has 0 aliphatic carbocycles. The monoisotopic (exact) mass is 249 g/mol. The van der Waals surface area contributed by atoms with Gasteiger partial charge in [-0.15, -0.1) is 0 Å². The third kappa shape index (κ3) is 5.65. The van der Waals surface area contributed by atoms with Crippen molar-refractivity contribution >= 4 is 0 Å². The molecule has 0 saturated carbocycles. The summed E-state index contributed by atoms with van der Waals surface area (Å²) in [5, 5.41) is 3.59. The lowest BCUT2D eigenvalue weighted by molar-refractivity contribution is 0.192. The van der Waals surface area contributed by atoms with Crippen LogP contribution >= 0.6 is 0 Å². The number of rotatable bonds is 8. The van der Waals surface area contributed by atoms with Gasteiger partial charge in [0.1, 0.15) is 0 Å². The van der Waals surface area contributed by atoms with Gasteiger partial charge in [-0.3, -0.25) is 0 Å². The number of ether oxygens (including phenoxy) is 1. The van der Waals surface area contributed by atoms with Gasteiger partial charge in [0, 0.05) is 19.8 Å². The Kier molecular flexibility index (Phi) is 6.99. The normalized spacial score (nSPS) is 12.7. The van der Waals surface area contributed by atoms with Crippen LogP contribution in [-0.2, 0) is 4.74 Å². The van der Waals surface area contributed by atoms with Gasteiger partial charge in [0.15, 0.2) is 0 Å². The van der Waals surface area contributed by atoms with Gasteiger partial charge < -0.3 is 10.1 Å². The maximum atomic E-state index is 5.04. The van der Waals surface area contributed by atoms with Crippen LogP contribution in [0, 0.1) is 13.8 Å². The fourth-order valence-corrected chi connectivity index (χ4v) is 2.24. The third-order valence-electron chi connectivity index (χ3n) is 3.22. The summed E-state index contributed by atoms with van der Waals surface area (Å²) in [5.41, 5.74) is 4.09. The van der Waals surface area contributed by atoms with Crippen LogP contribution in [0.25, 0.3) is 0 Å². The highest BCUT2D eigenvalue weighted by Gasteiger charge is 2.05. The molecule has 1 aromatic carbocycles. The molecule has 2 nitrogen and oxygen atoms in total. The summed E-state index contributed by atoms with van der Waals surface area (Å²) in [4.78, 5) is 0. The molecular formula is C16H27NO. The first-order valence-electron chi connectivity index (χ1n) is 6.94. The van der Waals surface area contributed by atoms with Gasteiger partial charge in [0.25, 0.3) is 0 Å². The van der Waals surface area contributed by atoms with Gasteiger partial charge >= 0.3 is 0 Å². The number of unbranched alkanes of at least 4 members (excludes halogenated alkanes) is 2. The minimum atomic E-state index is 0.436. The van der Waals surface area contributed by atoms with Crippen LogP contribution in [-0.4, -0.2) is 20.3 Å². The molecule has 0 fully saturated rings. The topological polar surface area (TPSA) is 21.3 Å². The van der Waals surface area contributed by atoms with Gasteiger partial charge in [-0.25, -0.2) is 0 Å². The highest BCUT2D eigenvalue weighted by molar-refractivity contribution is 5.30. The Labute approximate surface area is 112 Å². The van der Waals surface area contributed by atoms with Gasteiger partial charge in [0.05, 0.1) is 0 Å². The minimum Gasteiger partial charge on any atom is -0.385 e. The van der Waals surface area contributed by atoms with Crippen molar-refractivity contribution in [2.24, 2.45) is 0 Å². The van der Waals surface area contributed by atoms with Crippen LogP contribution in [0.4, 0.5) is 0 Å². The predicted molar refractivity (Wildman–Crippen MR) is 78.1 cm³/mol. The van der Waals surface area contributed by atoms with E-state index in [9.17, 15) is 0 Å². The van der Waals surface area contributed by atoms with Crippen molar-refractivity contribution in [1.29, 1.82) is 0 Å². The van der Waals surface area contributed by atoms with E-state index in [1.165, 1.54) is 29.5 Å². The highest BCUT2D eigenvalue weighted by Crippen LogP contribution is 2.16. The number of methoxy groups -OCH3 is 1. The molecule has 0 aliphatic heterocycles. The number of hydrogen-bond donors (Lipinski definition) is 1. The molecule has 1 rings (SSSR count). The zero-order valence-corrected chi connectivity index (χ0v) is 12.3. The Morgan fingerprint density at radius 3 is 2.33 bits per heavy atom. The summed E-state index contributed by atoms with van der Waals surface area (Å²) in [5.74, 6) is 0. The molecule has 0 amide bonds. The van der Waals surface area contributed by atoms with E-state index in [0.717, 1.165) is 19.6 Å². The van der Waals surface area contributed by atoms with Crippen molar-refractivity contribution in [3.05, 3.63) is 34.9 Å². The molecule has 0 bridgehead atoms. The summed E-state index contributed by atoms with van der Waals surface area (Å²) in [6.07, 6.45) is 3.62. The molecule has 0 spiro atoms. The molecule has 18 heavy (non-hydrogen) atoms. The Bertz CT molecular complexity index is 329. The summed E-state index contributed by atoms with van der Waals surface area (Å²) >= 11 is 0. The first-order chi connectivity index (χ1) is 8.63. The molecule has 2 heteroatoms. The summed E-state index contributed by atoms with van der Waals surface area (Å²) < 4.78 is 5.04. The van der Waals surface area contributed by atoms with Crippen LogP contribution in [0.2, 0.25) is 0 Å². The number of nitrogens with one attached hydrogen (secondary N) is 1. The van der Waals surface area contributed by atoms with Crippen LogP contribution in [0.1, 0.15) is 48.9 Å². The smallest absolute Gasteiger partial charge is 0.0462 e. The van der Waals surface area contributed by atoms with E-state index in [1.807, 2.05) is 0 Å². The summed E-state index contributed by atoms with van der Waals surface area (Å²) in [6.45, 7) is 8.52. The van der Waals surface area contributed by atoms with Crippen molar-refractivity contribution in [3.63, 3.8) is 0 Å². The average Bonchev–Trinajstić information content (AvgIpc) is 2.32. The number of aryl methyl sites for hydroxylation is 2. The summed E-state index contributed by atoms with van der Waals surface area (Å²) in [7, 11) is 1.76. The molecule has 0 heterocycles. The largest absolute Gasteiger partial charge is 0.385 e. The Balaban J connectivity index is 2.29. The van der Waals surface area contributed by atoms with E-state index in [0.29, 0.717) is 6.04 Å². The molecule has 1 aromatic rings. The maximum Gasteiger partial charge on any atom is 0.0462 e. The first-order valence-corrected chi connectivity index (χ1v) is 6.94. The second-order valence-electron chi connectivity index (χ2n) is 5.15. The lowest BCUT2D eigenvalue weighted by atomic mass is 10.0. The Morgan fingerprint density at radius 2 is 1.72 bits per heavy atom. The van der Waals surface area contributed by atoms with Crippen molar-refractivity contribution in [1.82, 2.24) is 5.32 Å². The van der Waals surface area contributed by atoms with E-state index in [4.69, 9.17) is 4.74 Å². The predicted octanol–water partition coefficient (Wildman–Crippen LogP) is 3.77. The van der Waals surface area contributed by atoms with Crippen LogP contribution in [0.3, 0.4) is 0 Å². The van der Waals surface area contributed by atoms with E-state index in [1.54, 1.807) is 7.11 Å². The van der Waals surface area contributed by atoms with Crippen LogP contribution < -0.4 is 5.32 Å². The zero-order valence-electron chi connectivity index (χ0n) is 12.3. The molecule has 0 aliphatic rings. The zero-order chi connectivity index (χ0) is 13.4. The number of benzene rings is 1. The van der Waals surface area contributed by atoms with Crippen molar-refractivity contribution in [2.75, 3.05) is 20.3 Å². The second-order valence-corrected chi connectivity index (χ2v) is 5.15. The van der Waals surface area contributed by atoms with E-state index in [2.05, 4.69) is 44.3 Å². The van der Waals surface area contributed by atoms with Gasteiger partial charge in [-0.1, -0.05) is 29.3 Å². The minimum absolute atomic E-state index is 0.436. The van der Waals surface area contributed by atoms with Crippen LogP contribution in [0.15, 0.2) is 18.2 Å². The Hall–Kier alpha value is -0.860.